The zero-order chi connectivity index (χ0) is 9.97. The fourth-order valence-electron chi connectivity index (χ4n) is 2.23. The highest BCUT2D eigenvalue weighted by Crippen LogP contribution is 2.20. The molecule has 1 N–H and O–H groups in total. The molecule has 1 unspecified atom stereocenters. The average Bonchev–Trinajstić information content (AvgIpc) is 2.14. The first-order valence-corrected chi connectivity index (χ1v) is 5.34. The SMILES string of the molecule is COC(=O)C1CCCN(C2CNC2)C1. The van der Waals surface area contributed by atoms with Crippen LogP contribution >= 0.6 is 0 Å². The lowest BCUT2D eigenvalue weighted by molar-refractivity contribution is -0.147. The van der Waals surface area contributed by atoms with Crippen molar-refractivity contribution in [3.05, 3.63) is 0 Å². The largest absolute Gasteiger partial charge is 0.469 e. The molecule has 0 aliphatic carbocycles. The highest BCUT2D eigenvalue weighted by Gasteiger charge is 2.32. The number of hydrogen-bond donors (Lipinski definition) is 1. The quantitative estimate of drug-likeness (QED) is 0.626. The molecule has 4 heteroatoms. The Hall–Kier alpha value is -0.610. The van der Waals surface area contributed by atoms with Gasteiger partial charge in [-0.05, 0) is 19.4 Å². The Morgan fingerprint density at radius 3 is 2.86 bits per heavy atom. The summed E-state index contributed by atoms with van der Waals surface area (Å²) in [4.78, 5) is 13.8. The van der Waals surface area contributed by atoms with Gasteiger partial charge in [-0.15, -0.1) is 0 Å². The van der Waals surface area contributed by atoms with E-state index in [1.54, 1.807) is 0 Å². The number of piperidine rings is 1. The summed E-state index contributed by atoms with van der Waals surface area (Å²) in [6.45, 7) is 4.18. The molecule has 1 atom stereocenters. The van der Waals surface area contributed by atoms with Crippen LogP contribution in [0.1, 0.15) is 12.8 Å². The van der Waals surface area contributed by atoms with Crippen LogP contribution in [0.3, 0.4) is 0 Å². The van der Waals surface area contributed by atoms with Crippen molar-refractivity contribution in [1.29, 1.82) is 0 Å². The number of nitrogens with zero attached hydrogens (tertiary/aromatic N) is 1. The van der Waals surface area contributed by atoms with Crippen molar-refractivity contribution in [1.82, 2.24) is 10.2 Å². The molecule has 0 amide bonds. The topological polar surface area (TPSA) is 41.6 Å². The standard InChI is InChI=1S/C10H18N2O2/c1-14-10(13)8-3-2-4-12(7-8)9-5-11-6-9/h8-9,11H,2-7H2,1H3. The van der Waals surface area contributed by atoms with Crippen LogP contribution in [0.15, 0.2) is 0 Å². The molecule has 0 aromatic carbocycles. The highest BCUT2D eigenvalue weighted by molar-refractivity contribution is 5.72. The lowest BCUT2D eigenvalue weighted by atomic mass is 9.95. The number of nitrogens with one attached hydrogen (secondary N) is 1. The Labute approximate surface area is 84.6 Å². The lowest BCUT2D eigenvalue weighted by Gasteiger charge is -2.42. The van der Waals surface area contributed by atoms with E-state index in [1.165, 1.54) is 7.11 Å². The van der Waals surface area contributed by atoms with E-state index >= 15 is 0 Å². The number of carbonyl (C=O) groups is 1. The monoisotopic (exact) mass is 198 g/mol. The van der Waals surface area contributed by atoms with Crippen LogP contribution in [-0.4, -0.2) is 50.2 Å². The van der Waals surface area contributed by atoms with Gasteiger partial charge in [-0.3, -0.25) is 9.69 Å². The number of esters is 1. The first-order valence-electron chi connectivity index (χ1n) is 5.34. The Kier molecular flexibility index (Phi) is 3.03. The van der Waals surface area contributed by atoms with E-state index in [-0.39, 0.29) is 11.9 Å². The van der Waals surface area contributed by atoms with E-state index in [0.29, 0.717) is 6.04 Å². The number of likely N-dealkylation sites (tertiary alicyclic amines) is 1. The van der Waals surface area contributed by atoms with Gasteiger partial charge >= 0.3 is 5.97 Å². The number of carbonyl (C=O) groups excluding carboxylic acids is 1. The first-order chi connectivity index (χ1) is 6.81. The number of rotatable bonds is 2. The van der Waals surface area contributed by atoms with Crippen LogP contribution in [0.5, 0.6) is 0 Å². The Bertz CT molecular complexity index is 216. The van der Waals surface area contributed by atoms with Gasteiger partial charge in [0.2, 0.25) is 0 Å². The zero-order valence-electron chi connectivity index (χ0n) is 8.66. The van der Waals surface area contributed by atoms with Gasteiger partial charge in [-0.1, -0.05) is 0 Å². The van der Waals surface area contributed by atoms with Crippen LogP contribution in [-0.2, 0) is 9.53 Å². The van der Waals surface area contributed by atoms with Gasteiger partial charge in [0.05, 0.1) is 13.0 Å². The Morgan fingerprint density at radius 2 is 2.29 bits per heavy atom. The second-order valence-electron chi connectivity index (χ2n) is 4.17. The zero-order valence-corrected chi connectivity index (χ0v) is 8.66. The minimum Gasteiger partial charge on any atom is -0.469 e. The molecule has 14 heavy (non-hydrogen) atoms. The van der Waals surface area contributed by atoms with Gasteiger partial charge in [-0.25, -0.2) is 0 Å². The molecule has 0 aromatic rings. The summed E-state index contributed by atoms with van der Waals surface area (Å²) in [5.41, 5.74) is 0. The molecular weight excluding hydrogens is 180 g/mol. The maximum atomic E-state index is 11.4. The van der Waals surface area contributed by atoms with Gasteiger partial charge in [0.25, 0.3) is 0 Å². The highest BCUT2D eigenvalue weighted by atomic mass is 16.5. The predicted octanol–water partition coefficient (Wildman–Crippen LogP) is -0.157. The summed E-state index contributed by atoms with van der Waals surface area (Å²) in [7, 11) is 1.48. The van der Waals surface area contributed by atoms with Gasteiger partial charge in [-0.2, -0.15) is 0 Å². The van der Waals surface area contributed by atoms with Crippen LogP contribution in [0.4, 0.5) is 0 Å². The molecule has 80 valence electrons. The Balaban J connectivity index is 1.86. The van der Waals surface area contributed by atoms with Crippen LogP contribution in [0.25, 0.3) is 0 Å². The third-order valence-corrected chi connectivity index (χ3v) is 3.26. The fourth-order valence-corrected chi connectivity index (χ4v) is 2.23. The second-order valence-corrected chi connectivity index (χ2v) is 4.17. The molecule has 2 heterocycles. The molecular formula is C10H18N2O2. The minimum atomic E-state index is -0.0398. The molecule has 2 saturated heterocycles. The van der Waals surface area contributed by atoms with E-state index in [4.69, 9.17) is 4.74 Å². The third-order valence-electron chi connectivity index (χ3n) is 3.26. The number of hydrogen-bond acceptors (Lipinski definition) is 4. The maximum absolute atomic E-state index is 11.4. The van der Waals surface area contributed by atoms with E-state index < -0.39 is 0 Å². The van der Waals surface area contributed by atoms with Crippen molar-refractivity contribution < 1.29 is 9.53 Å². The number of ether oxygens (including phenoxy) is 1. The van der Waals surface area contributed by atoms with Gasteiger partial charge in [0.15, 0.2) is 0 Å². The van der Waals surface area contributed by atoms with E-state index in [0.717, 1.165) is 39.0 Å². The summed E-state index contributed by atoms with van der Waals surface area (Å²) in [6.07, 6.45) is 2.11. The summed E-state index contributed by atoms with van der Waals surface area (Å²) < 4.78 is 4.79. The van der Waals surface area contributed by atoms with E-state index in [1.807, 2.05) is 0 Å². The molecule has 0 saturated carbocycles. The van der Waals surface area contributed by atoms with Gasteiger partial charge < -0.3 is 10.1 Å². The molecule has 2 aliphatic heterocycles. The van der Waals surface area contributed by atoms with Crippen LogP contribution in [0, 0.1) is 5.92 Å². The van der Waals surface area contributed by atoms with Crippen molar-refractivity contribution in [2.45, 2.75) is 18.9 Å². The lowest BCUT2D eigenvalue weighted by Crippen LogP contribution is -2.59. The van der Waals surface area contributed by atoms with Crippen molar-refractivity contribution in [2.75, 3.05) is 33.3 Å². The molecule has 4 nitrogen and oxygen atoms in total. The molecule has 2 rings (SSSR count). The summed E-state index contributed by atoms with van der Waals surface area (Å²) in [5, 5.41) is 3.26. The molecule has 0 spiro atoms. The summed E-state index contributed by atoms with van der Waals surface area (Å²) in [6, 6.07) is 0.655. The van der Waals surface area contributed by atoms with E-state index in [9.17, 15) is 4.79 Å². The summed E-state index contributed by atoms with van der Waals surface area (Å²) in [5.74, 6) is 0.0660. The molecule has 2 aliphatic rings. The normalized spacial score (nSPS) is 29.6. The van der Waals surface area contributed by atoms with Crippen molar-refractivity contribution in [3.8, 4) is 0 Å². The smallest absolute Gasteiger partial charge is 0.309 e. The minimum absolute atomic E-state index is 0.0398. The average molecular weight is 198 g/mol. The molecule has 0 radical (unpaired) electrons. The van der Waals surface area contributed by atoms with Crippen LogP contribution in [0.2, 0.25) is 0 Å². The van der Waals surface area contributed by atoms with Crippen molar-refractivity contribution >= 4 is 5.97 Å². The number of methoxy groups -OCH3 is 1. The van der Waals surface area contributed by atoms with E-state index in [2.05, 4.69) is 10.2 Å². The van der Waals surface area contributed by atoms with Crippen molar-refractivity contribution in [2.24, 2.45) is 5.92 Å². The Morgan fingerprint density at radius 1 is 1.50 bits per heavy atom. The van der Waals surface area contributed by atoms with Crippen molar-refractivity contribution in [3.63, 3.8) is 0 Å². The van der Waals surface area contributed by atoms with Gasteiger partial charge in [0.1, 0.15) is 0 Å². The summed E-state index contributed by atoms with van der Waals surface area (Å²) >= 11 is 0. The predicted molar refractivity (Wildman–Crippen MR) is 53.0 cm³/mol. The molecule has 2 fully saturated rings. The molecule has 0 bridgehead atoms. The first kappa shape index (κ1) is 9.93. The third kappa shape index (κ3) is 1.91. The second kappa shape index (κ2) is 4.28. The fraction of sp³-hybridized carbons (Fsp3) is 0.900. The molecule has 0 aromatic heterocycles. The van der Waals surface area contributed by atoms with Crippen LogP contribution < -0.4 is 5.32 Å². The maximum Gasteiger partial charge on any atom is 0.309 e. The van der Waals surface area contributed by atoms with Gasteiger partial charge in [0, 0.05) is 25.7 Å².